The van der Waals surface area contributed by atoms with Crippen LogP contribution in [0.3, 0.4) is 0 Å². The first-order chi connectivity index (χ1) is 16.6. The fourth-order valence-corrected chi connectivity index (χ4v) is 4.87. The predicted molar refractivity (Wildman–Crippen MR) is 130 cm³/mol. The average Bonchev–Trinajstić information content (AvgIpc) is 3.11. The second-order valence-electron chi connectivity index (χ2n) is 10.4. The SMILES string of the molecule is Cc1ccccc1CO[C@]1(C(=O)NC(C)C)CC(OCc2ccc(F)cc2)[C@@H]2OC(C)(C)O[C@@H]2C1. The molecule has 0 radical (unpaired) electrons. The van der Waals surface area contributed by atoms with Gasteiger partial charge < -0.3 is 24.3 Å². The molecule has 2 aliphatic rings. The van der Waals surface area contributed by atoms with Crippen LogP contribution in [0.1, 0.15) is 57.2 Å². The second kappa shape index (κ2) is 10.3. The fourth-order valence-electron chi connectivity index (χ4n) is 4.87. The lowest BCUT2D eigenvalue weighted by atomic mass is 9.78. The standard InChI is InChI=1S/C28H36FNO5/c1-18(2)30-26(31)28(33-17-21-9-7-6-8-19(21)3)14-23(25-24(15-28)34-27(4,5)35-25)32-16-20-10-12-22(29)13-11-20/h6-13,18,23-25H,14-17H2,1-5H3,(H,30,31)/t23?,24-,25+,28-/m1/s1. The van der Waals surface area contributed by atoms with E-state index in [1.807, 2.05) is 58.9 Å². The molecular formula is C28H36FNO5. The highest BCUT2D eigenvalue weighted by molar-refractivity contribution is 5.85. The third-order valence-corrected chi connectivity index (χ3v) is 6.63. The molecule has 35 heavy (non-hydrogen) atoms. The minimum Gasteiger partial charge on any atom is -0.371 e. The number of hydrogen-bond donors (Lipinski definition) is 1. The molecule has 1 aliphatic heterocycles. The second-order valence-corrected chi connectivity index (χ2v) is 10.4. The summed E-state index contributed by atoms with van der Waals surface area (Å²) in [5, 5.41) is 3.05. The van der Waals surface area contributed by atoms with E-state index in [9.17, 15) is 9.18 Å². The van der Waals surface area contributed by atoms with Gasteiger partial charge in [0, 0.05) is 18.9 Å². The van der Waals surface area contributed by atoms with Crippen molar-refractivity contribution in [1.29, 1.82) is 0 Å². The van der Waals surface area contributed by atoms with Gasteiger partial charge in [0.05, 0.1) is 25.4 Å². The first-order valence-corrected chi connectivity index (χ1v) is 12.3. The molecule has 4 atom stereocenters. The highest BCUT2D eigenvalue weighted by Gasteiger charge is 2.58. The van der Waals surface area contributed by atoms with Crippen LogP contribution in [0.2, 0.25) is 0 Å². The van der Waals surface area contributed by atoms with Crippen molar-refractivity contribution in [3.63, 3.8) is 0 Å². The van der Waals surface area contributed by atoms with Crippen LogP contribution in [0.5, 0.6) is 0 Å². The van der Waals surface area contributed by atoms with Crippen molar-refractivity contribution in [1.82, 2.24) is 5.32 Å². The average molecular weight is 486 g/mol. The number of halogens is 1. The third-order valence-electron chi connectivity index (χ3n) is 6.63. The third kappa shape index (κ3) is 6.09. The number of nitrogens with one attached hydrogen (secondary N) is 1. The van der Waals surface area contributed by atoms with Crippen LogP contribution >= 0.6 is 0 Å². The Bertz CT molecular complexity index is 1020. The van der Waals surface area contributed by atoms with Gasteiger partial charge in [-0.3, -0.25) is 4.79 Å². The Morgan fingerprint density at radius 2 is 1.80 bits per heavy atom. The quantitative estimate of drug-likeness (QED) is 0.581. The van der Waals surface area contributed by atoms with Crippen molar-refractivity contribution in [2.75, 3.05) is 0 Å². The summed E-state index contributed by atoms with van der Waals surface area (Å²) in [7, 11) is 0. The van der Waals surface area contributed by atoms with Gasteiger partial charge in [0.15, 0.2) is 11.4 Å². The smallest absolute Gasteiger partial charge is 0.252 e. The Morgan fingerprint density at radius 3 is 2.49 bits per heavy atom. The number of hydrogen-bond acceptors (Lipinski definition) is 5. The van der Waals surface area contributed by atoms with E-state index in [0.29, 0.717) is 19.4 Å². The van der Waals surface area contributed by atoms with Crippen molar-refractivity contribution in [3.05, 3.63) is 71.0 Å². The van der Waals surface area contributed by atoms with Crippen molar-refractivity contribution in [2.24, 2.45) is 0 Å². The largest absolute Gasteiger partial charge is 0.371 e. The maximum Gasteiger partial charge on any atom is 0.252 e. The molecule has 0 aromatic heterocycles. The van der Waals surface area contributed by atoms with Crippen LogP contribution in [-0.2, 0) is 37.0 Å². The molecule has 0 spiro atoms. The zero-order valence-electron chi connectivity index (χ0n) is 21.2. The fraction of sp³-hybridized carbons (Fsp3) is 0.536. The summed E-state index contributed by atoms with van der Waals surface area (Å²) in [6.45, 7) is 10.2. The maximum absolute atomic E-state index is 13.6. The Kier molecular flexibility index (Phi) is 7.62. The molecule has 0 bridgehead atoms. The van der Waals surface area contributed by atoms with E-state index in [-0.39, 0.29) is 36.6 Å². The van der Waals surface area contributed by atoms with Crippen LogP contribution in [0.25, 0.3) is 0 Å². The van der Waals surface area contributed by atoms with E-state index >= 15 is 0 Å². The van der Waals surface area contributed by atoms with Crippen LogP contribution < -0.4 is 5.32 Å². The molecule has 1 unspecified atom stereocenters. The lowest BCUT2D eigenvalue weighted by Crippen LogP contribution is -2.60. The van der Waals surface area contributed by atoms with Gasteiger partial charge in [-0.1, -0.05) is 36.4 Å². The van der Waals surface area contributed by atoms with Gasteiger partial charge in [0.25, 0.3) is 5.91 Å². The lowest BCUT2D eigenvalue weighted by Gasteiger charge is -2.43. The van der Waals surface area contributed by atoms with Gasteiger partial charge in [0.1, 0.15) is 11.9 Å². The number of benzene rings is 2. The number of fused-ring (bicyclic) bond motifs is 1. The zero-order valence-corrected chi connectivity index (χ0v) is 21.2. The molecule has 2 aromatic carbocycles. The molecule has 1 amide bonds. The van der Waals surface area contributed by atoms with Crippen LogP contribution in [0.4, 0.5) is 4.39 Å². The minimum atomic E-state index is -1.15. The van der Waals surface area contributed by atoms with E-state index in [4.69, 9.17) is 18.9 Å². The van der Waals surface area contributed by atoms with Crippen molar-refractivity contribution < 1.29 is 28.1 Å². The normalized spacial score (nSPS) is 27.6. The molecule has 2 aromatic rings. The van der Waals surface area contributed by atoms with Crippen LogP contribution in [0, 0.1) is 12.7 Å². The van der Waals surface area contributed by atoms with E-state index in [0.717, 1.165) is 16.7 Å². The minimum absolute atomic E-state index is 0.0464. The first kappa shape index (κ1) is 25.8. The van der Waals surface area contributed by atoms with Gasteiger partial charge in [-0.15, -0.1) is 0 Å². The topological polar surface area (TPSA) is 66.0 Å². The van der Waals surface area contributed by atoms with Gasteiger partial charge in [-0.2, -0.15) is 0 Å². The lowest BCUT2D eigenvalue weighted by molar-refractivity contribution is -0.183. The molecule has 190 valence electrons. The summed E-state index contributed by atoms with van der Waals surface area (Å²) in [5.74, 6) is -1.27. The van der Waals surface area contributed by atoms with Crippen molar-refractivity contribution >= 4 is 5.91 Å². The predicted octanol–water partition coefficient (Wildman–Crippen LogP) is 4.81. The van der Waals surface area contributed by atoms with Gasteiger partial charge in [-0.05, 0) is 63.4 Å². The summed E-state index contributed by atoms with van der Waals surface area (Å²) < 4.78 is 38.6. The van der Waals surface area contributed by atoms with Crippen LogP contribution in [-0.4, -0.2) is 41.6 Å². The van der Waals surface area contributed by atoms with E-state index in [1.165, 1.54) is 12.1 Å². The summed E-state index contributed by atoms with van der Waals surface area (Å²) >= 11 is 0. The number of aryl methyl sites for hydroxylation is 1. The van der Waals surface area contributed by atoms with Crippen molar-refractivity contribution in [2.45, 2.75) is 96.4 Å². The Morgan fingerprint density at radius 1 is 1.09 bits per heavy atom. The molecule has 7 heteroatoms. The zero-order chi connectivity index (χ0) is 25.2. The monoisotopic (exact) mass is 485 g/mol. The molecule has 6 nitrogen and oxygen atoms in total. The molecule has 1 saturated carbocycles. The van der Waals surface area contributed by atoms with Gasteiger partial charge in [0.2, 0.25) is 0 Å². The number of ether oxygens (including phenoxy) is 4. The summed E-state index contributed by atoms with van der Waals surface area (Å²) in [4.78, 5) is 13.6. The Labute approximate surface area is 207 Å². The highest BCUT2D eigenvalue weighted by Crippen LogP contribution is 2.44. The molecule has 1 N–H and O–H groups in total. The van der Waals surface area contributed by atoms with Crippen molar-refractivity contribution in [3.8, 4) is 0 Å². The molecule has 1 heterocycles. The van der Waals surface area contributed by atoms with E-state index in [1.54, 1.807) is 12.1 Å². The summed E-state index contributed by atoms with van der Waals surface area (Å²) in [6, 6.07) is 14.1. The molecule has 4 rings (SSSR count). The molecule has 2 fully saturated rings. The number of carbonyl (C=O) groups is 1. The van der Waals surface area contributed by atoms with E-state index < -0.39 is 17.5 Å². The Hall–Kier alpha value is -2.32. The number of amides is 1. The molecule has 1 aliphatic carbocycles. The Balaban J connectivity index is 1.61. The van der Waals surface area contributed by atoms with E-state index in [2.05, 4.69) is 5.32 Å². The highest BCUT2D eigenvalue weighted by atomic mass is 19.1. The maximum atomic E-state index is 13.6. The first-order valence-electron chi connectivity index (χ1n) is 12.3. The van der Waals surface area contributed by atoms with Crippen LogP contribution in [0.15, 0.2) is 48.5 Å². The molecule has 1 saturated heterocycles. The summed E-state index contributed by atoms with van der Waals surface area (Å²) in [5.41, 5.74) is 1.82. The molecular weight excluding hydrogens is 449 g/mol. The number of rotatable bonds is 8. The van der Waals surface area contributed by atoms with Gasteiger partial charge >= 0.3 is 0 Å². The number of carbonyl (C=O) groups excluding carboxylic acids is 1. The summed E-state index contributed by atoms with van der Waals surface area (Å²) in [6.07, 6.45) is -0.476. The van der Waals surface area contributed by atoms with Gasteiger partial charge in [-0.25, -0.2) is 4.39 Å².